The standard InChI is InChI=1S/C13H21N3O2S2/c1-8(2)15-13(11(17)18-4)6-5-10(7-13)19-12-14-9(3)16-20-12/h8,10,15H,5-7H2,1-4H3. The number of nitrogens with one attached hydrogen (secondary N) is 1. The van der Waals surface area contributed by atoms with Gasteiger partial charge in [0.05, 0.1) is 7.11 Å². The SMILES string of the molecule is COC(=O)C1(NC(C)C)CCC(Sc2nc(C)ns2)C1. The number of carbonyl (C=O) groups is 1. The third-order valence-electron chi connectivity index (χ3n) is 3.39. The van der Waals surface area contributed by atoms with Crippen molar-refractivity contribution in [3.05, 3.63) is 5.82 Å². The number of aromatic nitrogens is 2. The summed E-state index contributed by atoms with van der Waals surface area (Å²) in [7, 11) is 1.46. The van der Waals surface area contributed by atoms with Crippen molar-refractivity contribution in [2.45, 2.75) is 61.2 Å². The van der Waals surface area contributed by atoms with Gasteiger partial charge in [-0.15, -0.1) is 0 Å². The van der Waals surface area contributed by atoms with Crippen molar-refractivity contribution in [3.8, 4) is 0 Å². The Hall–Kier alpha value is -0.660. The van der Waals surface area contributed by atoms with Gasteiger partial charge in [0.2, 0.25) is 0 Å². The average molecular weight is 315 g/mol. The van der Waals surface area contributed by atoms with Crippen LogP contribution in [0.3, 0.4) is 0 Å². The van der Waals surface area contributed by atoms with Crippen LogP contribution in [0.1, 0.15) is 38.9 Å². The number of esters is 1. The Kier molecular flexibility index (Phi) is 5.04. The second kappa shape index (κ2) is 6.41. The first kappa shape index (κ1) is 15.7. The zero-order valence-corrected chi connectivity index (χ0v) is 13.9. The lowest BCUT2D eigenvalue weighted by Crippen LogP contribution is -2.53. The Morgan fingerprint density at radius 2 is 2.35 bits per heavy atom. The van der Waals surface area contributed by atoms with Crippen molar-refractivity contribution in [1.29, 1.82) is 0 Å². The second-order valence-corrected chi connectivity index (χ2v) is 7.76. The van der Waals surface area contributed by atoms with Crippen molar-refractivity contribution in [2.75, 3.05) is 7.11 Å². The minimum Gasteiger partial charge on any atom is -0.468 e. The van der Waals surface area contributed by atoms with Gasteiger partial charge in [-0.2, -0.15) is 4.37 Å². The maximum atomic E-state index is 12.2. The molecule has 2 atom stereocenters. The highest BCUT2D eigenvalue weighted by Gasteiger charge is 2.47. The summed E-state index contributed by atoms with van der Waals surface area (Å²) < 4.78 is 10.2. The van der Waals surface area contributed by atoms with Gasteiger partial charge in [0.15, 0.2) is 4.34 Å². The van der Waals surface area contributed by atoms with Crippen molar-refractivity contribution >= 4 is 29.3 Å². The monoisotopic (exact) mass is 315 g/mol. The molecule has 0 aromatic carbocycles. The molecule has 2 rings (SSSR count). The number of methoxy groups -OCH3 is 1. The molecule has 1 fully saturated rings. The fourth-order valence-electron chi connectivity index (χ4n) is 2.69. The van der Waals surface area contributed by atoms with E-state index in [0.717, 1.165) is 29.4 Å². The van der Waals surface area contributed by atoms with Gasteiger partial charge >= 0.3 is 5.97 Å². The van der Waals surface area contributed by atoms with Crippen LogP contribution in [0.2, 0.25) is 0 Å². The molecule has 1 N–H and O–H groups in total. The van der Waals surface area contributed by atoms with Crippen LogP contribution < -0.4 is 5.32 Å². The molecule has 112 valence electrons. The van der Waals surface area contributed by atoms with E-state index in [-0.39, 0.29) is 12.0 Å². The van der Waals surface area contributed by atoms with E-state index in [1.165, 1.54) is 18.6 Å². The normalized spacial score (nSPS) is 26.1. The van der Waals surface area contributed by atoms with Crippen molar-refractivity contribution < 1.29 is 9.53 Å². The Balaban J connectivity index is 2.05. The summed E-state index contributed by atoms with van der Waals surface area (Å²) in [4.78, 5) is 16.5. The van der Waals surface area contributed by atoms with Gasteiger partial charge in [-0.1, -0.05) is 11.8 Å². The summed E-state index contributed by atoms with van der Waals surface area (Å²) in [6, 6.07) is 0.252. The molecule has 0 aliphatic heterocycles. The molecule has 20 heavy (non-hydrogen) atoms. The third-order valence-corrected chi connectivity index (χ3v) is 5.53. The Morgan fingerprint density at radius 1 is 1.60 bits per heavy atom. The molecule has 1 heterocycles. The van der Waals surface area contributed by atoms with Crippen LogP contribution in [-0.2, 0) is 9.53 Å². The number of hydrogen-bond donors (Lipinski definition) is 1. The van der Waals surface area contributed by atoms with Crippen molar-refractivity contribution in [3.63, 3.8) is 0 Å². The van der Waals surface area contributed by atoms with Crippen LogP contribution >= 0.6 is 23.3 Å². The van der Waals surface area contributed by atoms with E-state index in [0.29, 0.717) is 5.25 Å². The summed E-state index contributed by atoms with van der Waals surface area (Å²) in [5.74, 6) is 0.665. The molecule has 2 unspecified atom stereocenters. The summed E-state index contributed by atoms with van der Waals surface area (Å²) in [5, 5.41) is 3.79. The molecule has 0 spiro atoms. The van der Waals surface area contributed by atoms with E-state index >= 15 is 0 Å². The lowest BCUT2D eigenvalue weighted by molar-refractivity contribution is -0.148. The number of ether oxygens (including phenoxy) is 1. The molecular formula is C13H21N3O2S2. The molecule has 1 aliphatic rings. The van der Waals surface area contributed by atoms with Crippen LogP contribution in [0.5, 0.6) is 0 Å². The fraction of sp³-hybridized carbons (Fsp3) is 0.769. The largest absolute Gasteiger partial charge is 0.468 e. The zero-order chi connectivity index (χ0) is 14.8. The van der Waals surface area contributed by atoms with Crippen LogP contribution in [0.15, 0.2) is 4.34 Å². The zero-order valence-electron chi connectivity index (χ0n) is 12.3. The lowest BCUT2D eigenvalue weighted by Gasteiger charge is -2.29. The van der Waals surface area contributed by atoms with E-state index in [4.69, 9.17) is 4.74 Å². The van der Waals surface area contributed by atoms with Gasteiger partial charge in [-0.05, 0) is 51.6 Å². The Labute approximate surface area is 128 Å². The quantitative estimate of drug-likeness (QED) is 0.842. The van der Waals surface area contributed by atoms with Crippen LogP contribution in [-0.4, -0.2) is 39.3 Å². The maximum absolute atomic E-state index is 12.2. The smallest absolute Gasteiger partial charge is 0.326 e. The van der Waals surface area contributed by atoms with Crippen LogP contribution in [0.25, 0.3) is 0 Å². The van der Waals surface area contributed by atoms with Crippen molar-refractivity contribution in [1.82, 2.24) is 14.7 Å². The van der Waals surface area contributed by atoms with E-state index in [1.807, 2.05) is 6.92 Å². The maximum Gasteiger partial charge on any atom is 0.326 e. The van der Waals surface area contributed by atoms with Crippen molar-refractivity contribution in [2.24, 2.45) is 0 Å². The minimum absolute atomic E-state index is 0.150. The first-order valence-electron chi connectivity index (χ1n) is 6.78. The first-order valence-corrected chi connectivity index (χ1v) is 8.43. The number of carbonyl (C=O) groups excluding carboxylic acids is 1. The minimum atomic E-state index is -0.541. The Bertz CT molecular complexity index is 478. The highest BCUT2D eigenvalue weighted by Crippen LogP contribution is 2.41. The summed E-state index contributed by atoms with van der Waals surface area (Å²) in [6.45, 7) is 6.01. The van der Waals surface area contributed by atoms with E-state index in [2.05, 4.69) is 28.5 Å². The molecular weight excluding hydrogens is 294 g/mol. The highest BCUT2D eigenvalue weighted by atomic mass is 32.2. The van der Waals surface area contributed by atoms with E-state index < -0.39 is 5.54 Å². The molecule has 1 aliphatic carbocycles. The summed E-state index contributed by atoms with van der Waals surface area (Å²) in [6.07, 6.45) is 2.58. The number of aryl methyl sites for hydroxylation is 1. The number of rotatable bonds is 5. The molecule has 1 aromatic rings. The fourth-order valence-corrected chi connectivity index (χ4v) is 4.88. The highest BCUT2D eigenvalue weighted by molar-refractivity contribution is 8.01. The predicted molar refractivity (Wildman–Crippen MR) is 81.2 cm³/mol. The van der Waals surface area contributed by atoms with Gasteiger partial charge in [-0.3, -0.25) is 10.1 Å². The number of hydrogen-bond acceptors (Lipinski definition) is 7. The lowest BCUT2D eigenvalue weighted by atomic mass is 9.97. The summed E-state index contributed by atoms with van der Waals surface area (Å²) in [5.41, 5.74) is -0.541. The van der Waals surface area contributed by atoms with Gasteiger partial charge in [0.1, 0.15) is 11.4 Å². The van der Waals surface area contributed by atoms with E-state index in [9.17, 15) is 4.79 Å². The molecule has 1 aromatic heterocycles. The first-order chi connectivity index (χ1) is 9.45. The second-order valence-electron chi connectivity index (χ2n) is 5.46. The molecule has 0 bridgehead atoms. The van der Waals surface area contributed by atoms with E-state index in [1.54, 1.807) is 11.8 Å². The molecule has 5 nitrogen and oxygen atoms in total. The Morgan fingerprint density at radius 3 is 2.90 bits per heavy atom. The number of thioether (sulfide) groups is 1. The molecule has 0 amide bonds. The van der Waals surface area contributed by atoms with Gasteiger partial charge < -0.3 is 4.74 Å². The van der Waals surface area contributed by atoms with Crippen LogP contribution in [0, 0.1) is 6.92 Å². The molecule has 0 saturated heterocycles. The predicted octanol–water partition coefficient (Wildman–Crippen LogP) is 2.40. The molecule has 1 saturated carbocycles. The van der Waals surface area contributed by atoms with Gasteiger partial charge in [0.25, 0.3) is 0 Å². The topological polar surface area (TPSA) is 64.1 Å². The number of nitrogens with zero attached hydrogens (tertiary/aromatic N) is 2. The molecule has 7 heteroatoms. The van der Waals surface area contributed by atoms with Gasteiger partial charge in [-0.25, -0.2) is 4.98 Å². The van der Waals surface area contributed by atoms with Crippen LogP contribution in [0.4, 0.5) is 0 Å². The molecule has 0 radical (unpaired) electrons. The summed E-state index contributed by atoms with van der Waals surface area (Å²) >= 11 is 3.16. The average Bonchev–Trinajstić information content (AvgIpc) is 2.96. The van der Waals surface area contributed by atoms with Gasteiger partial charge in [0, 0.05) is 11.3 Å². The third kappa shape index (κ3) is 3.51.